The van der Waals surface area contributed by atoms with Gasteiger partial charge in [-0.1, -0.05) is 150 Å². The van der Waals surface area contributed by atoms with Crippen LogP contribution in [0.1, 0.15) is 278 Å². The lowest BCUT2D eigenvalue weighted by Gasteiger charge is -2.61. The molecule has 63 heavy (non-hydrogen) atoms. The molecule has 0 N–H and O–H groups in total. The van der Waals surface area contributed by atoms with Gasteiger partial charge in [-0.2, -0.15) is 0 Å². The van der Waals surface area contributed by atoms with Crippen LogP contribution in [0.25, 0.3) is 0 Å². The molecule has 8 aliphatic rings. The summed E-state index contributed by atoms with van der Waals surface area (Å²) in [6, 6.07) is 0. The van der Waals surface area contributed by atoms with Crippen molar-refractivity contribution in [3.05, 3.63) is 0 Å². The minimum Gasteiger partial charge on any atom is -0.298 e. The number of alkyl halides is 2. The van der Waals surface area contributed by atoms with E-state index in [0.29, 0.717) is 11.6 Å². The van der Waals surface area contributed by atoms with Gasteiger partial charge in [-0.05, 0) is 176 Å². The van der Waals surface area contributed by atoms with Gasteiger partial charge in [-0.15, -0.1) is 0 Å². The fraction of sp³-hybridized carbons (Fsp3) is 0.966. The van der Waals surface area contributed by atoms with Crippen molar-refractivity contribution in [2.75, 3.05) is 0 Å². The number of carbonyl (C=O) groups is 2. The van der Waals surface area contributed by atoms with Crippen LogP contribution in [0.15, 0.2) is 0 Å². The van der Waals surface area contributed by atoms with Crippen molar-refractivity contribution in [1.82, 2.24) is 0 Å². The van der Waals surface area contributed by atoms with E-state index in [1.165, 1.54) is 148 Å². The summed E-state index contributed by atoms with van der Waals surface area (Å²) in [5.41, 5.74) is -2.26. The molecule has 0 unspecified atom stereocenters. The Kier molecular flexibility index (Phi) is 18.3. The number of hydrogen-bond donors (Lipinski definition) is 0. The molecule has 8 rings (SSSR count). The predicted molar refractivity (Wildman–Crippen MR) is 260 cm³/mol. The lowest BCUT2D eigenvalue weighted by atomic mass is 9.41. The van der Waals surface area contributed by atoms with Gasteiger partial charge in [0, 0.05) is 0 Å². The summed E-state index contributed by atoms with van der Waals surface area (Å²) in [4.78, 5) is 26.9. The van der Waals surface area contributed by atoms with E-state index in [-0.39, 0.29) is 0 Å². The molecule has 0 aromatic rings. The zero-order chi connectivity index (χ0) is 44.5. The van der Waals surface area contributed by atoms with Gasteiger partial charge in [-0.25, -0.2) is 8.78 Å². The van der Waals surface area contributed by atoms with Crippen molar-refractivity contribution in [2.24, 2.45) is 69.0 Å². The highest BCUT2D eigenvalue weighted by molar-refractivity contribution is 5.99. The highest BCUT2D eigenvalue weighted by Gasteiger charge is 2.73. The second-order valence-corrected chi connectivity index (χ2v) is 24.8. The number of rotatable bonds is 17. The van der Waals surface area contributed by atoms with E-state index >= 15 is 8.78 Å². The molecule has 0 aliphatic heterocycles. The maximum atomic E-state index is 15.8. The summed E-state index contributed by atoms with van der Waals surface area (Å²) in [5.74, 6) is 7.39. The van der Waals surface area contributed by atoms with E-state index in [2.05, 4.69) is 27.7 Å². The summed E-state index contributed by atoms with van der Waals surface area (Å²) in [5, 5.41) is 0. The lowest BCUT2D eigenvalue weighted by Crippen LogP contribution is -2.69. The minimum absolute atomic E-state index is 0.358. The molecule has 0 bridgehead atoms. The highest BCUT2D eigenvalue weighted by atomic mass is 19.1. The Hall–Kier alpha value is -0.800. The summed E-state index contributed by atoms with van der Waals surface area (Å²) < 4.78 is 31.5. The molecule has 4 spiro atoms. The first-order valence-corrected chi connectivity index (χ1v) is 29.0. The third-order valence-corrected chi connectivity index (χ3v) is 21.3. The van der Waals surface area contributed by atoms with E-state index in [9.17, 15) is 9.59 Å². The average Bonchev–Trinajstić information content (AvgIpc) is 3.34. The molecular weight excluding hydrogens is 779 g/mol. The largest absolute Gasteiger partial charge is 0.298 e. The average molecular weight is 879 g/mol. The highest BCUT2D eigenvalue weighted by Crippen LogP contribution is 2.68. The van der Waals surface area contributed by atoms with Crippen LogP contribution < -0.4 is 0 Å². The van der Waals surface area contributed by atoms with Gasteiger partial charge in [0.05, 0.1) is 21.7 Å². The van der Waals surface area contributed by atoms with Gasteiger partial charge in [0.25, 0.3) is 0 Å². The number of halogens is 2. The first kappa shape index (κ1) is 50.1. The molecule has 2 atom stereocenters. The van der Waals surface area contributed by atoms with E-state index in [1.807, 2.05) is 0 Å². The van der Waals surface area contributed by atoms with E-state index in [0.717, 1.165) is 150 Å². The van der Waals surface area contributed by atoms with E-state index in [4.69, 9.17) is 0 Å². The first-order chi connectivity index (χ1) is 30.6. The van der Waals surface area contributed by atoms with Gasteiger partial charge < -0.3 is 0 Å². The predicted octanol–water partition coefficient (Wildman–Crippen LogP) is 18.1. The second-order valence-electron chi connectivity index (χ2n) is 24.8. The Labute approximate surface area is 388 Å². The molecule has 0 amide bonds. The fourth-order valence-corrected chi connectivity index (χ4v) is 17.0. The van der Waals surface area contributed by atoms with Crippen molar-refractivity contribution >= 4 is 11.6 Å². The van der Waals surface area contributed by atoms with Crippen LogP contribution in [-0.4, -0.2) is 23.9 Å². The molecule has 8 saturated carbocycles. The number of Topliss-reactive ketones (excluding diaryl/α,β-unsaturated/α-hetero) is 2. The van der Waals surface area contributed by atoms with Crippen molar-refractivity contribution in [1.29, 1.82) is 0 Å². The number of unbranched alkanes of at least 4 members (excludes halogenated alkanes) is 7. The normalized spacial score (nSPS) is 42.8. The Morgan fingerprint density at radius 2 is 0.619 bits per heavy atom. The minimum atomic E-state index is -0.838. The summed E-state index contributed by atoms with van der Waals surface area (Å²) >= 11 is 0. The van der Waals surface area contributed by atoms with Crippen LogP contribution in [-0.2, 0) is 9.59 Å². The van der Waals surface area contributed by atoms with Gasteiger partial charge in [0.1, 0.15) is 12.3 Å². The fourth-order valence-electron chi connectivity index (χ4n) is 17.0. The SMILES string of the molecule is CCCCCCC1CCC(C2CCC3(CC2)C(=O)[C@]2(CC[C@@H](CCCC)CC2)[C@H]3F)CC1.CCCCCCC1CCC([C@H]2CC[C@]3(CC2)C(=O)[C@@]2(CCC(CCC)CC2)[C@H]3F)CC1. The van der Waals surface area contributed by atoms with Crippen molar-refractivity contribution in [2.45, 2.75) is 290 Å². The second kappa shape index (κ2) is 23.0. The molecular formula is C59H100F2O2. The third kappa shape index (κ3) is 10.6. The van der Waals surface area contributed by atoms with Crippen molar-refractivity contribution < 1.29 is 18.4 Å². The molecule has 0 saturated heterocycles. The standard InChI is InChI=1S/C30H51FO.C29H49FO/c1-3-5-7-8-10-23-11-13-25(14-12-23)26-17-21-30(22-18-26)27(31)29(28(30)32)19-15-24(16-20-29)9-6-4-2;1-3-5-6-7-9-23-10-12-24(13-11-23)25-16-20-29(21-17-25)26(30)28(27(29)31)18-14-22(8-4-2)15-19-28/h23-27H,3-22H2,1-2H3;22-26H,3-21H2,1-2H3/t23?,24-,25?,26?,27-,29+,30?;22?,23?,24?,25-,26-,28-,29+/m11/s1. The third-order valence-electron chi connectivity index (χ3n) is 21.3. The Bertz CT molecular complexity index is 1370. The summed E-state index contributed by atoms with van der Waals surface area (Å²) in [7, 11) is 0. The van der Waals surface area contributed by atoms with Crippen LogP contribution in [0.5, 0.6) is 0 Å². The smallest absolute Gasteiger partial charge is 0.151 e. The molecule has 8 aliphatic carbocycles. The quantitative estimate of drug-likeness (QED) is 0.136. The Balaban J connectivity index is 0.000000189. The van der Waals surface area contributed by atoms with E-state index < -0.39 is 34.0 Å². The maximum absolute atomic E-state index is 15.8. The molecule has 0 aromatic heterocycles. The monoisotopic (exact) mass is 879 g/mol. The zero-order valence-electron chi connectivity index (χ0n) is 41.9. The molecule has 4 heteroatoms. The molecule has 0 heterocycles. The summed E-state index contributed by atoms with van der Waals surface area (Å²) in [6.45, 7) is 9.07. The van der Waals surface area contributed by atoms with Gasteiger partial charge in [0.15, 0.2) is 11.6 Å². The maximum Gasteiger partial charge on any atom is 0.151 e. The Morgan fingerprint density at radius 3 is 0.937 bits per heavy atom. The Morgan fingerprint density at radius 1 is 0.333 bits per heavy atom. The molecule has 8 fully saturated rings. The topological polar surface area (TPSA) is 34.1 Å². The van der Waals surface area contributed by atoms with E-state index in [1.54, 1.807) is 0 Å². The molecule has 0 radical (unpaired) electrons. The lowest BCUT2D eigenvalue weighted by molar-refractivity contribution is -0.194. The molecule has 2 nitrogen and oxygen atoms in total. The van der Waals surface area contributed by atoms with Crippen molar-refractivity contribution in [3.63, 3.8) is 0 Å². The van der Waals surface area contributed by atoms with Crippen LogP contribution in [0.3, 0.4) is 0 Å². The first-order valence-electron chi connectivity index (χ1n) is 29.0. The van der Waals surface area contributed by atoms with Crippen LogP contribution in [0.4, 0.5) is 8.78 Å². The zero-order valence-corrected chi connectivity index (χ0v) is 41.9. The number of hydrogen-bond acceptors (Lipinski definition) is 2. The van der Waals surface area contributed by atoms with Gasteiger partial charge >= 0.3 is 0 Å². The summed E-state index contributed by atoms with van der Waals surface area (Å²) in [6.07, 6.45) is 45.5. The number of carbonyl (C=O) groups excluding carboxylic acids is 2. The van der Waals surface area contributed by atoms with Crippen LogP contribution in [0, 0.1) is 69.0 Å². The molecule has 362 valence electrons. The molecule has 0 aromatic carbocycles. The number of ketones is 2. The van der Waals surface area contributed by atoms with Crippen LogP contribution >= 0.6 is 0 Å². The van der Waals surface area contributed by atoms with Crippen LogP contribution in [0.2, 0.25) is 0 Å². The van der Waals surface area contributed by atoms with Gasteiger partial charge in [-0.3, -0.25) is 9.59 Å². The van der Waals surface area contributed by atoms with Gasteiger partial charge in [0.2, 0.25) is 0 Å². The van der Waals surface area contributed by atoms with Crippen molar-refractivity contribution in [3.8, 4) is 0 Å².